The standard InChI is InChI=1S/C19H25N3O3S/c1-14-7-6-10-22(12-14)26(24,25)16-11-18(21(3)13-16)19(23)20-17-9-5-4-8-15(17)2/h4-5,8-9,11,13-14H,6-7,10,12H2,1-3H3,(H,20,23)/t14-/m1/s1. The number of nitrogens with one attached hydrogen (secondary N) is 1. The second-order valence-corrected chi connectivity index (χ2v) is 8.99. The van der Waals surface area contributed by atoms with Gasteiger partial charge in [0.15, 0.2) is 0 Å². The fourth-order valence-electron chi connectivity index (χ4n) is 3.31. The van der Waals surface area contributed by atoms with Crippen LogP contribution in [-0.4, -0.2) is 36.3 Å². The van der Waals surface area contributed by atoms with Crippen LogP contribution in [0.15, 0.2) is 41.4 Å². The molecule has 1 N–H and O–H groups in total. The number of carbonyl (C=O) groups is 1. The van der Waals surface area contributed by atoms with Crippen molar-refractivity contribution < 1.29 is 13.2 Å². The van der Waals surface area contributed by atoms with Gasteiger partial charge in [-0.15, -0.1) is 0 Å². The molecule has 0 aliphatic carbocycles. The van der Waals surface area contributed by atoms with E-state index in [1.165, 1.54) is 16.6 Å². The SMILES string of the molecule is Cc1ccccc1NC(=O)c1cc(S(=O)(=O)N2CCC[C@@H](C)C2)cn1C. The maximum atomic E-state index is 12.9. The van der Waals surface area contributed by atoms with E-state index >= 15 is 0 Å². The zero-order valence-corrected chi connectivity index (χ0v) is 16.2. The smallest absolute Gasteiger partial charge is 0.272 e. The Bertz CT molecular complexity index is 918. The van der Waals surface area contributed by atoms with Crippen LogP contribution in [0.5, 0.6) is 0 Å². The van der Waals surface area contributed by atoms with Crippen LogP contribution < -0.4 is 5.32 Å². The topological polar surface area (TPSA) is 71.4 Å². The lowest BCUT2D eigenvalue weighted by molar-refractivity contribution is 0.101. The summed E-state index contributed by atoms with van der Waals surface area (Å²) in [5.74, 6) is 0.0290. The molecule has 0 radical (unpaired) electrons. The largest absolute Gasteiger partial charge is 0.345 e. The lowest BCUT2D eigenvalue weighted by atomic mass is 10.0. The van der Waals surface area contributed by atoms with E-state index in [1.54, 1.807) is 11.6 Å². The number of aromatic nitrogens is 1. The van der Waals surface area contributed by atoms with Crippen molar-refractivity contribution in [1.82, 2.24) is 8.87 Å². The number of anilines is 1. The number of para-hydroxylation sites is 1. The Labute approximate surface area is 154 Å². The van der Waals surface area contributed by atoms with Gasteiger partial charge >= 0.3 is 0 Å². The Morgan fingerprint density at radius 2 is 2.00 bits per heavy atom. The molecule has 3 rings (SSSR count). The third kappa shape index (κ3) is 3.68. The molecule has 2 heterocycles. The summed E-state index contributed by atoms with van der Waals surface area (Å²) < 4.78 is 28.9. The van der Waals surface area contributed by atoms with Gasteiger partial charge in [-0.25, -0.2) is 8.42 Å². The first-order chi connectivity index (χ1) is 12.3. The fraction of sp³-hybridized carbons (Fsp3) is 0.421. The lowest BCUT2D eigenvalue weighted by Gasteiger charge is -2.29. The van der Waals surface area contributed by atoms with Gasteiger partial charge in [0, 0.05) is 32.0 Å². The average Bonchev–Trinajstić information content (AvgIpc) is 2.99. The third-order valence-electron chi connectivity index (χ3n) is 4.86. The molecule has 0 saturated carbocycles. The minimum absolute atomic E-state index is 0.170. The van der Waals surface area contributed by atoms with E-state index in [4.69, 9.17) is 0 Å². The molecule has 0 unspecified atom stereocenters. The number of aryl methyl sites for hydroxylation is 2. The summed E-state index contributed by atoms with van der Waals surface area (Å²) >= 11 is 0. The molecule has 1 amide bonds. The second-order valence-electron chi connectivity index (χ2n) is 7.05. The van der Waals surface area contributed by atoms with E-state index in [0.717, 1.165) is 18.4 Å². The maximum Gasteiger partial charge on any atom is 0.272 e. The van der Waals surface area contributed by atoms with Crippen LogP contribution in [0.1, 0.15) is 35.8 Å². The molecule has 0 spiro atoms. The van der Waals surface area contributed by atoms with Crippen molar-refractivity contribution in [3.8, 4) is 0 Å². The molecule has 1 fully saturated rings. The number of piperidine rings is 1. The molecule has 1 aliphatic rings. The minimum Gasteiger partial charge on any atom is -0.345 e. The highest BCUT2D eigenvalue weighted by Crippen LogP contribution is 2.25. The van der Waals surface area contributed by atoms with Gasteiger partial charge in [0.25, 0.3) is 5.91 Å². The number of rotatable bonds is 4. The Morgan fingerprint density at radius 3 is 2.69 bits per heavy atom. The van der Waals surface area contributed by atoms with Gasteiger partial charge in [0.1, 0.15) is 10.6 Å². The van der Waals surface area contributed by atoms with Crippen LogP contribution in [0.25, 0.3) is 0 Å². The molecule has 1 atom stereocenters. The first kappa shape index (κ1) is 18.7. The normalized spacial score (nSPS) is 18.7. The summed E-state index contributed by atoms with van der Waals surface area (Å²) in [5.41, 5.74) is 1.98. The number of hydrogen-bond acceptors (Lipinski definition) is 3. The summed E-state index contributed by atoms with van der Waals surface area (Å²) in [6.45, 7) is 5.04. The van der Waals surface area contributed by atoms with Gasteiger partial charge < -0.3 is 9.88 Å². The van der Waals surface area contributed by atoms with Crippen molar-refractivity contribution >= 4 is 21.6 Å². The van der Waals surface area contributed by atoms with Gasteiger partial charge in [-0.3, -0.25) is 4.79 Å². The molecular formula is C19H25N3O3S. The van der Waals surface area contributed by atoms with Gasteiger partial charge in [0.05, 0.1) is 0 Å². The fourth-order valence-corrected chi connectivity index (χ4v) is 4.98. The summed E-state index contributed by atoms with van der Waals surface area (Å²) in [6, 6.07) is 8.94. The molecule has 1 aromatic heterocycles. The van der Waals surface area contributed by atoms with Crippen LogP contribution in [0.2, 0.25) is 0 Å². The molecule has 2 aromatic rings. The molecule has 0 bridgehead atoms. The second kappa shape index (κ2) is 7.25. The molecule has 140 valence electrons. The highest BCUT2D eigenvalue weighted by molar-refractivity contribution is 7.89. The predicted octanol–water partition coefficient (Wildman–Crippen LogP) is 3.01. The Hall–Kier alpha value is -2.12. The quantitative estimate of drug-likeness (QED) is 0.893. The first-order valence-electron chi connectivity index (χ1n) is 8.82. The van der Waals surface area contributed by atoms with Crippen molar-refractivity contribution in [3.63, 3.8) is 0 Å². The van der Waals surface area contributed by atoms with Gasteiger partial charge in [0.2, 0.25) is 10.0 Å². The van der Waals surface area contributed by atoms with E-state index in [0.29, 0.717) is 30.4 Å². The monoisotopic (exact) mass is 375 g/mol. The summed E-state index contributed by atoms with van der Waals surface area (Å²) in [4.78, 5) is 12.8. The number of sulfonamides is 1. The van der Waals surface area contributed by atoms with Crippen molar-refractivity contribution in [2.45, 2.75) is 31.6 Å². The summed E-state index contributed by atoms with van der Waals surface area (Å²) in [6.07, 6.45) is 3.43. The minimum atomic E-state index is -3.58. The Morgan fingerprint density at radius 1 is 1.27 bits per heavy atom. The zero-order chi connectivity index (χ0) is 18.9. The predicted molar refractivity (Wildman–Crippen MR) is 102 cm³/mol. The number of carbonyl (C=O) groups excluding carboxylic acids is 1. The maximum absolute atomic E-state index is 12.9. The molecule has 1 saturated heterocycles. The lowest BCUT2D eigenvalue weighted by Crippen LogP contribution is -2.38. The summed E-state index contributed by atoms with van der Waals surface area (Å²) in [7, 11) is -1.89. The first-order valence-corrected chi connectivity index (χ1v) is 10.3. The zero-order valence-electron chi connectivity index (χ0n) is 15.4. The van der Waals surface area contributed by atoms with Gasteiger partial charge in [-0.2, -0.15) is 4.31 Å². The summed E-state index contributed by atoms with van der Waals surface area (Å²) in [5, 5.41) is 2.85. The van der Waals surface area contributed by atoms with Gasteiger partial charge in [-0.05, 0) is 43.4 Å². The molecule has 7 heteroatoms. The highest BCUT2D eigenvalue weighted by atomic mass is 32.2. The van der Waals surface area contributed by atoms with Crippen molar-refractivity contribution in [2.75, 3.05) is 18.4 Å². The van der Waals surface area contributed by atoms with E-state index < -0.39 is 10.0 Å². The number of benzene rings is 1. The molecular weight excluding hydrogens is 350 g/mol. The van der Waals surface area contributed by atoms with Crippen molar-refractivity contribution in [2.24, 2.45) is 13.0 Å². The van der Waals surface area contributed by atoms with Crippen LogP contribution in [0.3, 0.4) is 0 Å². The third-order valence-corrected chi connectivity index (χ3v) is 6.69. The molecule has 6 nitrogen and oxygen atoms in total. The number of amides is 1. The molecule has 1 aliphatic heterocycles. The van der Waals surface area contributed by atoms with E-state index in [2.05, 4.69) is 12.2 Å². The molecule has 26 heavy (non-hydrogen) atoms. The average molecular weight is 375 g/mol. The van der Waals surface area contributed by atoms with Crippen LogP contribution >= 0.6 is 0 Å². The highest BCUT2D eigenvalue weighted by Gasteiger charge is 2.30. The van der Waals surface area contributed by atoms with E-state index in [9.17, 15) is 13.2 Å². The van der Waals surface area contributed by atoms with Crippen molar-refractivity contribution in [3.05, 3.63) is 47.8 Å². The van der Waals surface area contributed by atoms with Crippen LogP contribution in [0.4, 0.5) is 5.69 Å². The van der Waals surface area contributed by atoms with Gasteiger partial charge in [-0.1, -0.05) is 25.1 Å². The Balaban J connectivity index is 1.84. The van der Waals surface area contributed by atoms with Crippen LogP contribution in [-0.2, 0) is 17.1 Å². The van der Waals surface area contributed by atoms with Crippen molar-refractivity contribution in [1.29, 1.82) is 0 Å². The van der Waals surface area contributed by atoms with E-state index in [1.807, 2.05) is 31.2 Å². The van der Waals surface area contributed by atoms with Crippen LogP contribution in [0, 0.1) is 12.8 Å². The van der Waals surface area contributed by atoms with E-state index in [-0.39, 0.29) is 10.8 Å². The number of hydrogen-bond donors (Lipinski definition) is 1. The molecule has 1 aromatic carbocycles. The number of nitrogens with zero attached hydrogens (tertiary/aromatic N) is 2. The Kier molecular flexibility index (Phi) is 5.20.